The molecule has 1 N–H and O–H groups in total. The summed E-state index contributed by atoms with van der Waals surface area (Å²) in [5.74, 6) is -0.217. The highest BCUT2D eigenvalue weighted by molar-refractivity contribution is 9.10. The molecule has 1 rings (SSSR count). The molecule has 0 aliphatic heterocycles. The molecule has 0 bridgehead atoms. The van der Waals surface area contributed by atoms with Crippen molar-refractivity contribution in [3.63, 3.8) is 0 Å². The second-order valence-electron chi connectivity index (χ2n) is 3.35. The Bertz CT molecular complexity index is 361. The Morgan fingerprint density at radius 3 is 2.80 bits per heavy atom. The zero-order valence-corrected chi connectivity index (χ0v) is 10.6. The zero-order chi connectivity index (χ0) is 11.3. The summed E-state index contributed by atoms with van der Waals surface area (Å²) < 4.78 is 13.6. The molecule has 0 spiro atoms. The predicted octanol–water partition coefficient (Wildman–Crippen LogP) is 3.60. The van der Waals surface area contributed by atoms with Crippen molar-refractivity contribution in [2.45, 2.75) is 13.3 Å². The molecule has 0 atom stereocenters. The third-order valence-electron chi connectivity index (χ3n) is 2.18. The maximum atomic E-state index is 12.9. The second kappa shape index (κ2) is 6.03. The fourth-order valence-electron chi connectivity index (χ4n) is 1.34. The molecule has 0 heterocycles. The molecular weight excluding hydrogens is 257 g/mol. The summed E-state index contributed by atoms with van der Waals surface area (Å²) >= 11 is 3.35. The van der Waals surface area contributed by atoms with Crippen LogP contribution in [0, 0.1) is 5.82 Å². The van der Waals surface area contributed by atoms with Crippen molar-refractivity contribution in [2.24, 2.45) is 0 Å². The number of hydrogen-bond donors (Lipinski definition) is 1. The van der Waals surface area contributed by atoms with E-state index in [0.29, 0.717) is 0 Å². The van der Waals surface area contributed by atoms with Crippen molar-refractivity contribution in [1.82, 2.24) is 5.32 Å². The molecule has 1 nitrogen and oxygen atoms in total. The third-order valence-corrected chi connectivity index (χ3v) is 2.87. The number of halogens is 2. The van der Waals surface area contributed by atoms with E-state index in [0.717, 1.165) is 23.0 Å². The monoisotopic (exact) mass is 271 g/mol. The van der Waals surface area contributed by atoms with Crippen molar-refractivity contribution in [1.29, 1.82) is 0 Å². The molecule has 1 aromatic rings. The summed E-state index contributed by atoms with van der Waals surface area (Å²) in [5, 5.41) is 3.11. The van der Waals surface area contributed by atoms with Crippen LogP contribution in [0.25, 0.3) is 6.08 Å². The van der Waals surface area contributed by atoms with Gasteiger partial charge in [0.1, 0.15) is 5.82 Å². The van der Waals surface area contributed by atoms with Crippen LogP contribution < -0.4 is 5.32 Å². The van der Waals surface area contributed by atoms with Gasteiger partial charge in [0.05, 0.1) is 0 Å². The average Bonchev–Trinajstić information content (AvgIpc) is 2.21. The maximum absolute atomic E-state index is 12.9. The number of rotatable bonds is 4. The number of benzene rings is 1. The standard InChI is InChI=1S/C12H15BrFN/c1-3-9(8-15-2)6-10-4-5-11(14)7-12(10)13/h4-7,15H,3,8H2,1-2H3/b9-6-. The van der Waals surface area contributed by atoms with Gasteiger partial charge in [-0.05, 0) is 31.2 Å². The van der Waals surface area contributed by atoms with E-state index in [4.69, 9.17) is 0 Å². The van der Waals surface area contributed by atoms with E-state index in [1.165, 1.54) is 17.7 Å². The SMILES string of the molecule is CC/C(=C/c1ccc(F)cc1Br)CNC. The molecule has 0 aliphatic carbocycles. The van der Waals surface area contributed by atoms with Gasteiger partial charge < -0.3 is 5.32 Å². The van der Waals surface area contributed by atoms with Gasteiger partial charge >= 0.3 is 0 Å². The van der Waals surface area contributed by atoms with E-state index in [2.05, 4.69) is 34.2 Å². The van der Waals surface area contributed by atoms with E-state index in [-0.39, 0.29) is 5.82 Å². The first-order chi connectivity index (χ1) is 7.17. The maximum Gasteiger partial charge on any atom is 0.124 e. The van der Waals surface area contributed by atoms with Crippen LogP contribution in [0.2, 0.25) is 0 Å². The topological polar surface area (TPSA) is 12.0 Å². The van der Waals surface area contributed by atoms with E-state index >= 15 is 0 Å². The predicted molar refractivity (Wildman–Crippen MR) is 66.3 cm³/mol. The van der Waals surface area contributed by atoms with E-state index in [1.807, 2.05) is 7.05 Å². The minimum atomic E-state index is -0.217. The van der Waals surface area contributed by atoms with E-state index < -0.39 is 0 Å². The molecule has 0 amide bonds. The summed E-state index contributed by atoms with van der Waals surface area (Å²) in [4.78, 5) is 0. The van der Waals surface area contributed by atoms with Gasteiger partial charge in [0, 0.05) is 11.0 Å². The van der Waals surface area contributed by atoms with Crippen LogP contribution in [0.3, 0.4) is 0 Å². The Balaban J connectivity index is 2.95. The lowest BCUT2D eigenvalue weighted by Gasteiger charge is -2.05. The molecule has 0 aliphatic rings. The molecule has 0 saturated carbocycles. The summed E-state index contributed by atoms with van der Waals surface area (Å²) in [7, 11) is 1.92. The van der Waals surface area contributed by atoms with Crippen LogP contribution in [0.15, 0.2) is 28.2 Å². The van der Waals surface area contributed by atoms with Crippen LogP contribution in [0.4, 0.5) is 4.39 Å². The van der Waals surface area contributed by atoms with Crippen LogP contribution in [-0.2, 0) is 0 Å². The molecule has 1 aromatic carbocycles. The summed E-state index contributed by atoms with van der Waals surface area (Å²) in [6.07, 6.45) is 3.07. The third kappa shape index (κ3) is 3.76. The largest absolute Gasteiger partial charge is 0.316 e. The van der Waals surface area contributed by atoms with Crippen molar-refractivity contribution in [2.75, 3.05) is 13.6 Å². The molecule has 0 unspecified atom stereocenters. The number of likely N-dealkylation sites (N-methyl/N-ethyl adjacent to an activating group) is 1. The Labute approximate surface area is 98.5 Å². The van der Waals surface area contributed by atoms with Gasteiger partial charge in [0.15, 0.2) is 0 Å². The lowest BCUT2D eigenvalue weighted by atomic mass is 10.1. The molecule has 0 fully saturated rings. The summed E-state index contributed by atoms with van der Waals surface area (Å²) in [5.41, 5.74) is 2.31. The van der Waals surface area contributed by atoms with Gasteiger partial charge in [-0.1, -0.05) is 40.6 Å². The molecule has 0 radical (unpaired) electrons. The second-order valence-corrected chi connectivity index (χ2v) is 4.21. The van der Waals surface area contributed by atoms with Crippen LogP contribution in [0.1, 0.15) is 18.9 Å². The highest BCUT2D eigenvalue weighted by Crippen LogP contribution is 2.21. The van der Waals surface area contributed by atoms with Gasteiger partial charge in [0.25, 0.3) is 0 Å². The highest BCUT2D eigenvalue weighted by atomic mass is 79.9. The minimum Gasteiger partial charge on any atom is -0.316 e. The van der Waals surface area contributed by atoms with Gasteiger partial charge in [-0.15, -0.1) is 0 Å². The molecule has 0 aromatic heterocycles. The lowest BCUT2D eigenvalue weighted by Crippen LogP contribution is -2.09. The first-order valence-electron chi connectivity index (χ1n) is 4.96. The van der Waals surface area contributed by atoms with Gasteiger partial charge in [0.2, 0.25) is 0 Å². The lowest BCUT2D eigenvalue weighted by molar-refractivity contribution is 0.627. The zero-order valence-electron chi connectivity index (χ0n) is 8.98. The fraction of sp³-hybridized carbons (Fsp3) is 0.333. The van der Waals surface area contributed by atoms with Gasteiger partial charge in [-0.2, -0.15) is 0 Å². The van der Waals surface area contributed by atoms with Gasteiger partial charge in [-0.25, -0.2) is 4.39 Å². The summed E-state index contributed by atoms with van der Waals surface area (Å²) in [6, 6.07) is 4.74. The van der Waals surface area contributed by atoms with Crippen molar-refractivity contribution >= 4 is 22.0 Å². The smallest absolute Gasteiger partial charge is 0.124 e. The van der Waals surface area contributed by atoms with E-state index in [9.17, 15) is 4.39 Å². The van der Waals surface area contributed by atoms with Crippen LogP contribution in [-0.4, -0.2) is 13.6 Å². The molecular formula is C12H15BrFN. The van der Waals surface area contributed by atoms with Crippen molar-refractivity contribution in [3.05, 3.63) is 39.6 Å². The molecule has 3 heteroatoms. The molecule has 15 heavy (non-hydrogen) atoms. The average molecular weight is 272 g/mol. The van der Waals surface area contributed by atoms with Crippen molar-refractivity contribution < 1.29 is 4.39 Å². The van der Waals surface area contributed by atoms with Crippen LogP contribution >= 0.6 is 15.9 Å². The number of nitrogens with one attached hydrogen (secondary N) is 1. The van der Waals surface area contributed by atoms with Crippen molar-refractivity contribution in [3.8, 4) is 0 Å². The highest BCUT2D eigenvalue weighted by Gasteiger charge is 2.00. The fourth-order valence-corrected chi connectivity index (χ4v) is 1.81. The molecule has 0 saturated heterocycles. The summed E-state index contributed by atoms with van der Waals surface area (Å²) in [6.45, 7) is 2.97. The van der Waals surface area contributed by atoms with E-state index in [1.54, 1.807) is 6.07 Å². The Kier molecular flexibility index (Phi) is 4.99. The van der Waals surface area contributed by atoms with Crippen LogP contribution in [0.5, 0.6) is 0 Å². The Hall–Kier alpha value is -0.670. The number of hydrogen-bond acceptors (Lipinski definition) is 1. The molecule has 82 valence electrons. The minimum absolute atomic E-state index is 0.217. The quantitative estimate of drug-likeness (QED) is 0.883. The van der Waals surface area contributed by atoms with Gasteiger partial charge in [-0.3, -0.25) is 0 Å². The normalized spacial score (nSPS) is 11.9. The Morgan fingerprint density at radius 1 is 1.53 bits per heavy atom. The first-order valence-corrected chi connectivity index (χ1v) is 5.75. The first kappa shape index (κ1) is 12.4. The Morgan fingerprint density at radius 2 is 2.27 bits per heavy atom.